The number of carbonyl (C=O) groups is 1. The highest BCUT2D eigenvalue weighted by atomic mass is 35.5. The van der Waals surface area contributed by atoms with Crippen LogP contribution in [0.1, 0.15) is 30.4 Å². The molecule has 1 heterocycles. The van der Waals surface area contributed by atoms with Crippen molar-refractivity contribution in [1.82, 2.24) is 10.6 Å². The first-order valence-corrected chi connectivity index (χ1v) is 6.49. The van der Waals surface area contributed by atoms with E-state index in [2.05, 4.69) is 10.6 Å². The van der Waals surface area contributed by atoms with Gasteiger partial charge in [-0.3, -0.25) is 4.79 Å². The Morgan fingerprint density at radius 2 is 2.16 bits per heavy atom. The lowest BCUT2D eigenvalue weighted by molar-refractivity contribution is -0.123. The van der Waals surface area contributed by atoms with E-state index in [1.165, 1.54) is 0 Å². The summed E-state index contributed by atoms with van der Waals surface area (Å²) in [6.07, 6.45) is 3.19. The molecule has 106 valence electrons. The van der Waals surface area contributed by atoms with E-state index in [0.717, 1.165) is 36.9 Å². The van der Waals surface area contributed by atoms with E-state index in [9.17, 15) is 4.79 Å². The van der Waals surface area contributed by atoms with Crippen molar-refractivity contribution < 1.29 is 9.90 Å². The maximum atomic E-state index is 11.9. The summed E-state index contributed by atoms with van der Waals surface area (Å²) in [5.74, 6) is 0.0732. The first kappa shape index (κ1) is 16.0. The monoisotopic (exact) mass is 284 g/mol. The number of piperidine rings is 1. The molecule has 3 N–H and O–H groups in total. The van der Waals surface area contributed by atoms with Crippen LogP contribution in [0.5, 0.6) is 0 Å². The zero-order chi connectivity index (χ0) is 12.8. The number of benzene rings is 1. The maximum absolute atomic E-state index is 11.9. The SMILES string of the molecule is Cl.O=C(NCc1cccc(CO)c1)[C@H]1CCCCN1. The maximum Gasteiger partial charge on any atom is 0.237 e. The van der Waals surface area contributed by atoms with Crippen molar-refractivity contribution in [3.63, 3.8) is 0 Å². The second kappa shape index (κ2) is 8.15. The van der Waals surface area contributed by atoms with Crippen LogP contribution in [-0.4, -0.2) is 23.6 Å². The molecule has 1 aliphatic heterocycles. The fourth-order valence-electron chi connectivity index (χ4n) is 2.23. The van der Waals surface area contributed by atoms with Crippen molar-refractivity contribution in [3.8, 4) is 0 Å². The number of hydrogen-bond acceptors (Lipinski definition) is 3. The van der Waals surface area contributed by atoms with Gasteiger partial charge in [0, 0.05) is 6.54 Å². The fourth-order valence-corrected chi connectivity index (χ4v) is 2.23. The molecule has 5 heteroatoms. The Hall–Kier alpha value is -1.10. The molecule has 0 radical (unpaired) electrons. The Morgan fingerprint density at radius 1 is 1.37 bits per heavy atom. The highest BCUT2D eigenvalue weighted by Crippen LogP contribution is 2.08. The predicted octanol–water partition coefficient (Wildman–Crippen LogP) is 1.36. The molecule has 0 saturated carbocycles. The quantitative estimate of drug-likeness (QED) is 0.782. The van der Waals surface area contributed by atoms with Gasteiger partial charge in [-0.2, -0.15) is 0 Å². The van der Waals surface area contributed by atoms with Gasteiger partial charge in [-0.15, -0.1) is 12.4 Å². The van der Waals surface area contributed by atoms with Gasteiger partial charge in [0.05, 0.1) is 12.6 Å². The molecular formula is C14H21ClN2O2. The van der Waals surface area contributed by atoms with Crippen LogP contribution in [0.15, 0.2) is 24.3 Å². The molecular weight excluding hydrogens is 264 g/mol. The molecule has 1 atom stereocenters. The first-order chi connectivity index (χ1) is 8.79. The van der Waals surface area contributed by atoms with Crippen LogP contribution >= 0.6 is 12.4 Å². The third-order valence-electron chi connectivity index (χ3n) is 3.27. The summed E-state index contributed by atoms with van der Waals surface area (Å²) in [6, 6.07) is 7.59. The van der Waals surface area contributed by atoms with E-state index in [1.54, 1.807) is 0 Å². The number of aliphatic hydroxyl groups excluding tert-OH is 1. The van der Waals surface area contributed by atoms with Crippen molar-refractivity contribution in [1.29, 1.82) is 0 Å². The summed E-state index contributed by atoms with van der Waals surface area (Å²) >= 11 is 0. The van der Waals surface area contributed by atoms with Gasteiger partial charge in [-0.05, 0) is 30.5 Å². The molecule has 1 aromatic rings. The minimum absolute atomic E-state index is 0. The Morgan fingerprint density at radius 3 is 2.84 bits per heavy atom. The normalized spacial score (nSPS) is 18.5. The van der Waals surface area contributed by atoms with Crippen molar-refractivity contribution in [2.75, 3.05) is 6.54 Å². The lowest BCUT2D eigenvalue weighted by Gasteiger charge is -2.22. The van der Waals surface area contributed by atoms with Crippen LogP contribution in [0.4, 0.5) is 0 Å². The van der Waals surface area contributed by atoms with Crippen LogP contribution in [-0.2, 0) is 17.9 Å². The summed E-state index contributed by atoms with van der Waals surface area (Å²) in [5.41, 5.74) is 1.89. The summed E-state index contributed by atoms with van der Waals surface area (Å²) in [6.45, 7) is 1.48. The van der Waals surface area contributed by atoms with E-state index in [4.69, 9.17) is 5.11 Å². The topological polar surface area (TPSA) is 61.4 Å². The molecule has 0 aromatic heterocycles. The lowest BCUT2D eigenvalue weighted by Crippen LogP contribution is -2.46. The van der Waals surface area contributed by atoms with E-state index in [1.807, 2.05) is 24.3 Å². The van der Waals surface area contributed by atoms with Gasteiger partial charge in [-0.25, -0.2) is 0 Å². The van der Waals surface area contributed by atoms with E-state index < -0.39 is 0 Å². The minimum Gasteiger partial charge on any atom is -0.392 e. The van der Waals surface area contributed by atoms with Crippen LogP contribution in [0.2, 0.25) is 0 Å². The average Bonchev–Trinajstić information content (AvgIpc) is 2.46. The molecule has 0 aliphatic carbocycles. The Labute approximate surface area is 120 Å². The van der Waals surface area contributed by atoms with Gasteiger partial charge in [0.25, 0.3) is 0 Å². The molecule has 2 rings (SSSR count). The summed E-state index contributed by atoms with van der Waals surface area (Å²) in [4.78, 5) is 11.9. The summed E-state index contributed by atoms with van der Waals surface area (Å²) < 4.78 is 0. The van der Waals surface area contributed by atoms with Crippen LogP contribution in [0.3, 0.4) is 0 Å². The molecule has 0 bridgehead atoms. The zero-order valence-corrected chi connectivity index (χ0v) is 11.7. The van der Waals surface area contributed by atoms with Gasteiger partial charge in [0.2, 0.25) is 5.91 Å². The molecule has 0 spiro atoms. The molecule has 1 aliphatic rings. The second-order valence-corrected chi connectivity index (χ2v) is 4.70. The van der Waals surface area contributed by atoms with Crippen LogP contribution in [0.25, 0.3) is 0 Å². The molecule has 1 saturated heterocycles. The summed E-state index contributed by atoms with van der Waals surface area (Å²) in [5, 5.41) is 15.2. The fraction of sp³-hybridized carbons (Fsp3) is 0.500. The number of carbonyl (C=O) groups excluding carboxylic acids is 1. The highest BCUT2D eigenvalue weighted by Gasteiger charge is 2.19. The molecule has 4 nitrogen and oxygen atoms in total. The smallest absolute Gasteiger partial charge is 0.237 e. The summed E-state index contributed by atoms with van der Waals surface area (Å²) in [7, 11) is 0. The minimum atomic E-state index is -0.0419. The molecule has 19 heavy (non-hydrogen) atoms. The second-order valence-electron chi connectivity index (χ2n) is 4.70. The Kier molecular flexibility index (Phi) is 6.84. The van der Waals surface area contributed by atoms with Gasteiger partial charge in [0.1, 0.15) is 0 Å². The van der Waals surface area contributed by atoms with E-state index in [-0.39, 0.29) is 31.0 Å². The largest absolute Gasteiger partial charge is 0.392 e. The van der Waals surface area contributed by atoms with Gasteiger partial charge >= 0.3 is 0 Å². The first-order valence-electron chi connectivity index (χ1n) is 6.49. The Balaban J connectivity index is 0.00000180. The number of halogens is 1. The zero-order valence-electron chi connectivity index (χ0n) is 10.9. The molecule has 0 unspecified atom stereocenters. The van der Waals surface area contributed by atoms with E-state index >= 15 is 0 Å². The molecule has 1 fully saturated rings. The van der Waals surface area contributed by atoms with E-state index in [0.29, 0.717) is 6.54 Å². The highest BCUT2D eigenvalue weighted by molar-refractivity contribution is 5.85. The van der Waals surface area contributed by atoms with Crippen LogP contribution in [0, 0.1) is 0 Å². The van der Waals surface area contributed by atoms with Gasteiger partial charge in [0.15, 0.2) is 0 Å². The van der Waals surface area contributed by atoms with Gasteiger partial charge in [-0.1, -0.05) is 30.7 Å². The number of aliphatic hydroxyl groups is 1. The van der Waals surface area contributed by atoms with Gasteiger partial charge < -0.3 is 15.7 Å². The van der Waals surface area contributed by atoms with Crippen LogP contribution < -0.4 is 10.6 Å². The number of nitrogens with one attached hydrogen (secondary N) is 2. The van der Waals surface area contributed by atoms with Crippen molar-refractivity contribution >= 4 is 18.3 Å². The van der Waals surface area contributed by atoms with Crippen molar-refractivity contribution in [3.05, 3.63) is 35.4 Å². The van der Waals surface area contributed by atoms with Crippen molar-refractivity contribution in [2.24, 2.45) is 0 Å². The Bertz CT molecular complexity index is 406. The van der Waals surface area contributed by atoms with Crippen molar-refractivity contribution in [2.45, 2.75) is 38.5 Å². The number of hydrogen-bond donors (Lipinski definition) is 3. The standard InChI is InChI=1S/C14H20N2O2.ClH/c17-10-12-5-3-4-11(8-12)9-16-14(18)13-6-1-2-7-15-13;/h3-5,8,13,15,17H,1-2,6-7,9-10H2,(H,16,18);1H/t13-;/m1./s1. The average molecular weight is 285 g/mol. The third-order valence-corrected chi connectivity index (χ3v) is 3.27. The third kappa shape index (κ3) is 4.82. The number of amides is 1. The molecule has 1 aromatic carbocycles. The predicted molar refractivity (Wildman–Crippen MR) is 77.1 cm³/mol. The number of rotatable bonds is 4. The molecule has 1 amide bonds. The lowest BCUT2D eigenvalue weighted by atomic mass is 10.0.